The first-order valence-electron chi connectivity index (χ1n) is 7.67. The third kappa shape index (κ3) is 4.06. The molecule has 22 heavy (non-hydrogen) atoms. The van der Waals surface area contributed by atoms with Gasteiger partial charge in [0.25, 0.3) is 0 Å². The summed E-state index contributed by atoms with van der Waals surface area (Å²) >= 11 is 0. The topological polar surface area (TPSA) is 53.0 Å². The Morgan fingerprint density at radius 2 is 2.14 bits per heavy atom. The van der Waals surface area contributed by atoms with Crippen molar-refractivity contribution in [3.63, 3.8) is 0 Å². The molecule has 1 aliphatic heterocycles. The summed E-state index contributed by atoms with van der Waals surface area (Å²) in [6.45, 7) is 3.83. The zero-order chi connectivity index (χ0) is 16.2. The van der Waals surface area contributed by atoms with Crippen molar-refractivity contribution in [1.29, 1.82) is 0 Å². The summed E-state index contributed by atoms with van der Waals surface area (Å²) in [4.78, 5) is 15.9. The second kappa shape index (κ2) is 7.22. The highest BCUT2D eigenvalue weighted by atomic mass is 16.5. The monoisotopic (exact) mass is 306 g/mol. The number of ether oxygens (including phenoxy) is 1. The van der Waals surface area contributed by atoms with Crippen molar-refractivity contribution >= 4 is 5.91 Å². The molecule has 1 N–H and O–H groups in total. The van der Waals surface area contributed by atoms with Gasteiger partial charge in [-0.3, -0.25) is 4.79 Å². The normalized spacial score (nSPS) is 22.1. The maximum Gasteiger partial charge on any atom is 0.236 e. The van der Waals surface area contributed by atoms with Crippen molar-refractivity contribution in [2.24, 2.45) is 0 Å². The SMILES string of the molecule is Cc1ccccc1CC1(CO)CN(C(=O)CN(C)C)CCO1. The second-order valence-electron chi connectivity index (χ2n) is 6.35. The van der Waals surface area contributed by atoms with E-state index in [9.17, 15) is 9.90 Å². The van der Waals surface area contributed by atoms with Crippen LogP contribution >= 0.6 is 0 Å². The third-order valence-corrected chi connectivity index (χ3v) is 4.11. The molecule has 1 heterocycles. The van der Waals surface area contributed by atoms with Gasteiger partial charge in [0.05, 0.1) is 26.3 Å². The first kappa shape index (κ1) is 16.9. The van der Waals surface area contributed by atoms with E-state index in [0.717, 1.165) is 5.56 Å². The Morgan fingerprint density at radius 3 is 2.77 bits per heavy atom. The molecule has 1 saturated heterocycles. The van der Waals surface area contributed by atoms with E-state index in [1.807, 2.05) is 31.1 Å². The number of aliphatic hydroxyl groups is 1. The average molecular weight is 306 g/mol. The number of rotatable bonds is 5. The lowest BCUT2D eigenvalue weighted by Crippen LogP contribution is -2.58. The molecule has 1 aromatic rings. The van der Waals surface area contributed by atoms with Gasteiger partial charge in [-0.25, -0.2) is 0 Å². The molecule has 5 nitrogen and oxygen atoms in total. The average Bonchev–Trinajstić information content (AvgIpc) is 2.49. The number of carbonyl (C=O) groups excluding carboxylic acids is 1. The number of nitrogens with zero attached hydrogens (tertiary/aromatic N) is 2. The van der Waals surface area contributed by atoms with Crippen LogP contribution in [-0.4, -0.2) is 73.4 Å². The van der Waals surface area contributed by atoms with Gasteiger partial charge in [0.1, 0.15) is 5.60 Å². The third-order valence-electron chi connectivity index (χ3n) is 4.11. The van der Waals surface area contributed by atoms with E-state index < -0.39 is 5.60 Å². The summed E-state index contributed by atoms with van der Waals surface area (Å²) in [6, 6.07) is 8.10. The van der Waals surface area contributed by atoms with Crippen molar-refractivity contribution < 1.29 is 14.6 Å². The largest absolute Gasteiger partial charge is 0.393 e. The van der Waals surface area contributed by atoms with Crippen molar-refractivity contribution in [2.75, 3.05) is 46.9 Å². The lowest BCUT2D eigenvalue weighted by atomic mass is 9.91. The predicted octanol–water partition coefficient (Wildman–Crippen LogP) is 0.689. The first-order valence-corrected chi connectivity index (χ1v) is 7.67. The van der Waals surface area contributed by atoms with E-state index >= 15 is 0 Å². The predicted molar refractivity (Wildman–Crippen MR) is 85.8 cm³/mol. The Balaban J connectivity index is 2.12. The van der Waals surface area contributed by atoms with Gasteiger partial charge in [-0.15, -0.1) is 0 Å². The van der Waals surface area contributed by atoms with Gasteiger partial charge in [-0.05, 0) is 32.1 Å². The maximum absolute atomic E-state index is 12.3. The van der Waals surface area contributed by atoms with E-state index in [1.54, 1.807) is 4.90 Å². The standard InChI is InChI=1S/C17H26N2O3/c1-14-6-4-5-7-15(14)10-17(13-20)12-19(8-9-22-17)16(21)11-18(2)3/h4-7,20H,8-13H2,1-3H3. The van der Waals surface area contributed by atoms with Crippen LogP contribution in [0, 0.1) is 6.92 Å². The summed E-state index contributed by atoms with van der Waals surface area (Å²) < 4.78 is 5.90. The molecule has 1 amide bonds. The molecular weight excluding hydrogens is 280 g/mol. The Morgan fingerprint density at radius 1 is 1.41 bits per heavy atom. The van der Waals surface area contributed by atoms with Crippen LogP contribution in [0.5, 0.6) is 0 Å². The number of aryl methyl sites for hydroxylation is 1. The number of benzene rings is 1. The molecule has 0 radical (unpaired) electrons. The number of amides is 1. The van der Waals surface area contributed by atoms with Crippen LogP contribution in [-0.2, 0) is 16.0 Å². The highest BCUT2D eigenvalue weighted by Gasteiger charge is 2.38. The Hall–Kier alpha value is -1.43. The summed E-state index contributed by atoms with van der Waals surface area (Å²) in [5, 5.41) is 9.90. The highest BCUT2D eigenvalue weighted by Crippen LogP contribution is 2.24. The number of hydrogen-bond donors (Lipinski definition) is 1. The summed E-state index contributed by atoms with van der Waals surface area (Å²) in [5.74, 6) is 0.0795. The smallest absolute Gasteiger partial charge is 0.236 e. The molecule has 2 rings (SSSR count). The minimum absolute atomic E-state index is 0.0795. The van der Waals surface area contributed by atoms with Gasteiger partial charge in [0, 0.05) is 13.0 Å². The molecule has 0 spiro atoms. The molecule has 0 saturated carbocycles. The second-order valence-corrected chi connectivity index (χ2v) is 6.35. The van der Waals surface area contributed by atoms with Crippen LogP contribution < -0.4 is 0 Å². The fourth-order valence-electron chi connectivity index (χ4n) is 2.84. The molecule has 1 aromatic carbocycles. The minimum atomic E-state index is -0.702. The molecule has 0 bridgehead atoms. The molecule has 1 fully saturated rings. The molecule has 122 valence electrons. The van der Waals surface area contributed by atoms with Crippen molar-refractivity contribution in [3.05, 3.63) is 35.4 Å². The molecule has 1 aliphatic rings. The van der Waals surface area contributed by atoms with Crippen LogP contribution in [0.4, 0.5) is 0 Å². The first-order chi connectivity index (χ1) is 10.5. The Labute approximate surface area is 132 Å². The number of hydrogen-bond acceptors (Lipinski definition) is 4. The van der Waals surface area contributed by atoms with Crippen LogP contribution in [0.25, 0.3) is 0 Å². The van der Waals surface area contributed by atoms with Crippen LogP contribution in [0.1, 0.15) is 11.1 Å². The van der Waals surface area contributed by atoms with E-state index in [-0.39, 0.29) is 12.5 Å². The molecular formula is C17H26N2O3. The summed E-state index contributed by atoms with van der Waals surface area (Å²) in [7, 11) is 3.76. The van der Waals surface area contributed by atoms with Crippen LogP contribution in [0.2, 0.25) is 0 Å². The van der Waals surface area contributed by atoms with E-state index in [0.29, 0.717) is 32.7 Å². The summed E-state index contributed by atoms with van der Waals surface area (Å²) in [5.41, 5.74) is 1.63. The van der Waals surface area contributed by atoms with Gasteiger partial charge in [-0.1, -0.05) is 24.3 Å². The van der Waals surface area contributed by atoms with Gasteiger partial charge in [-0.2, -0.15) is 0 Å². The lowest BCUT2D eigenvalue weighted by molar-refractivity contribution is -0.158. The van der Waals surface area contributed by atoms with Gasteiger partial charge in [0.2, 0.25) is 5.91 Å². The molecule has 1 atom stereocenters. The van der Waals surface area contributed by atoms with Crippen LogP contribution in [0.15, 0.2) is 24.3 Å². The number of likely N-dealkylation sites (N-methyl/N-ethyl adjacent to an activating group) is 1. The zero-order valence-electron chi connectivity index (χ0n) is 13.7. The quantitative estimate of drug-likeness (QED) is 0.869. The molecule has 5 heteroatoms. The number of morpholine rings is 1. The van der Waals surface area contributed by atoms with E-state index in [4.69, 9.17) is 4.74 Å². The van der Waals surface area contributed by atoms with E-state index in [1.165, 1.54) is 5.56 Å². The van der Waals surface area contributed by atoms with Gasteiger partial charge in [0.15, 0.2) is 0 Å². The van der Waals surface area contributed by atoms with Crippen molar-refractivity contribution in [3.8, 4) is 0 Å². The van der Waals surface area contributed by atoms with Crippen molar-refractivity contribution in [2.45, 2.75) is 18.9 Å². The number of aliphatic hydroxyl groups excluding tert-OH is 1. The zero-order valence-corrected chi connectivity index (χ0v) is 13.7. The van der Waals surface area contributed by atoms with E-state index in [2.05, 4.69) is 19.1 Å². The summed E-state index contributed by atoms with van der Waals surface area (Å²) in [6.07, 6.45) is 0.613. The fraction of sp³-hybridized carbons (Fsp3) is 0.588. The highest BCUT2D eigenvalue weighted by molar-refractivity contribution is 5.78. The lowest BCUT2D eigenvalue weighted by Gasteiger charge is -2.42. The maximum atomic E-state index is 12.3. The Kier molecular flexibility index (Phi) is 5.56. The van der Waals surface area contributed by atoms with Gasteiger partial charge < -0.3 is 19.6 Å². The minimum Gasteiger partial charge on any atom is -0.393 e. The number of carbonyl (C=O) groups is 1. The molecule has 1 unspecified atom stereocenters. The Bertz CT molecular complexity index is 518. The van der Waals surface area contributed by atoms with Crippen LogP contribution in [0.3, 0.4) is 0 Å². The van der Waals surface area contributed by atoms with Crippen molar-refractivity contribution in [1.82, 2.24) is 9.80 Å². The molecule has 0 aromatic heterocycles. The molecule has 0 aliphatic carbocycles. The fourth-order valence-corrected chi connectivity index (χ4v) is 2.84. The van der Waals surface area contributed by atoms with Gasteiger partial charge >= 0.3 is 0 Å².